The molecule has 6 heteroatoms. The Morgan fingerprint density at radius 2 is 2.05 bits per heavy atom. The molecule has 0 spiro atoms. The van der Waals surface area contributed by atoms with Gasteiger partial charge >= 0.3 is 0 Å². The summed E-state index contributed by atoms with van der Waals surface area (Å²) in [7, 11) is 0. The number of nitrogens with zero attached hydrogens (tertiary/aromatic N) is 3. The van der Waals surface area contributed by atoms with Crippen LogP contribution >= 0.6 is 23.2 Å². The molecule has 2 heterocycles. The molecule has 0 aliphatic carbocycles. The molecule has 0 saturated heterocycles. The highest BCUT2D eigenvalue weighted by molar-refractivity contribution is 6.34. The lowest BCUT2D eigenvalue weighted by atomic mass is 9.99. The summed E-state index contributed by atoms with van der Waals surface area (Å²) in [5.74, 6) is -0.193. The topological polar surface area (TPSA) is 46.1 Å². The molecule has 1 aliphatic heterocycles. The van der Waals surface area contributed by atoms with Crippen molar-refractivity contribution in [3.05, 3.63) is 51.3 Å². The molecule has 1 aromatic heterocycles. The smallest absolute Gasteiger partial charge is 0.261 e. The van der Waals surface area contributed by atoms with Gasteiger partial charge in [-0.15, -0.1) is 10.2 Å². The number of aryl methyl sites for hydroxylation is 2. The van der Waals surface area contributed by atoms with Crippen LogP contribution in [-0.2, 0) is 6.42 Å². The average molecular weight is 322 g/mol. The van der Waals surface area contributed by atoms with Crippen LogP contribution in [-0.4, -0.2) is 22.6 Å². The van der Waals surface area contributed by atoms with Crippen molar-refractivity contribution in [3.8, 4) is 0 Å². The quantitative estimate of drug-likeness (QED) is 0.804. The summed E-state index contributed by atoms with van der Waals surface area (Å²) in [6.07, 6.45) is 1.90. The summed E-state index contributed by atoms with van der Waals surface area (Å²) in [5.41, 5.74) is 3.58. The number of hydrogen-bond donors (Lipinski definition) is 0. The number of amides is 1. The lowest BCUT2D eigenvalue weighted by molar-refractivity contribution is 0.0984. The second-order valence-electron chi connectivity index (χ2n) is 5.06. The number of rotatable bonds is 1. The zero-order chi connectivity index (χ0) is 15.0. The number of hydrogen-bond acceptors (Lipinski definition) is 3. The molecule has 0 N–H and O–H groups in total. The van der Waals surface area contributed by atoms with Crippen LogP contribution in [0.2, 0.25) is 10.3 Å². The minimum absolute atomic E-state index is 0.0728. The summed E-state index contributed by atoms with van der Waals surface area (Å²) >= 11 is 11.8. The van der Waals surface area contributed by atoms with E-state index in [1.807, 2.05) is 19.1 Å². The van der Waals surface area contributed by atoms with E-state index >= 15 is 0 Å². The summed E-state index contributed by atoms with van der Waals surface area (Å²) in [6, 6.07) is 7.56. The van der Waals surface area contributed by atoms with Crippen molar-refractivity contribution in [1.82, 2.24) is 10.2 Å². The minimum Gasteiger partial charge on any atom is -0.308 e. The van der Waals surface area contributed by atoms with Crippen molar-refractivity contribution in [3.63, 3.8) is 0 Å². The van der Waals surface area contributed by atoms with Crippen LogP contribution in [0.5, 0.6) is 0 Å². The van der Waals surface area contributed by atoms with Crippen LogP contribution in [0.4, 0.5) is 5.69 Å². The zero-order valence-corrected chi connectivity index (χ0v) is 12.9. The van der Waals surface area contributed by atoms with Crippen molar-refractivity contribution in [1.29, 1.82) is 0 Å². The second kappa shape index (κ2) is 5.62. The van der Waals surface area contributed by atoms with E-state index in [0.29, 0.717) is 6.54 Å². The first-order valence-electron chi connectivity index (χ1n) is 6.66. The molecule has 21 heavy (non-hydrogen) atoms. The maximum atomic E-state index is 12.7. The van der Waals surface area contributed by atoms with E-state index in [1.54, 1.807) is 4.90 Å². The summed E-state index contributed by atoms with van der Waals surface area (Å²) in [4.78, 5) is 14.5. The lowest BCUT2D eigenvalue weighted by Gasteiger charge is -2.30. The van der Waals surface area contributed by atoms with Gasteiger partial charge < -0.3 is 4.90 Å². The molecule has 1 amide bonds. The normalized spacial score (nSPS) is 14.0. The highest BCUT2D eigenvalue weighted by Gasteiger charge is 2.26. The van der Waals surface area contributed by atoms with Crippen LogP contribution in [0.1, 0.15) is 27.9 Å². The van der Waals surface area contributed by atoms with E-state index in [9.17, 15) is 4.79 Å². The Bertz CT molecular complexity index is 718. The van der Waals surface area contributed by atoms with Gasteiger partial charge in [-0.05, 0) is 37.5 Å². The molecule has 0 saturated carbocycles. The third-order valence-electron chi connectivity index (χ3n) is 3.55. The molecule has 3 rings (SSSR count). The van der Waals surface area contributed by atoms with Crippen LogP contribution in [0.25, 0.3) is 0 Å². The van der Waals surface area contributed by atoms with Gasteiger partial charge in [-0.2, -0.15) is 0 Å². The van der Waals surface area contributed by atoms with E-state index < -0.39 is 0 Å². The van der Waals surface area contributed by atoms with Gasteiger partial charge in [0.2, 0.25) is 0 Å². The Balaban J connectivity index is 2.02. The molecule has 4 nitrogen and oxygen atoms in total. The van der Waals surface area contributed by atoms with E-state index in [4.69, 9.17) is 23.2 Å². The zero-order valence-electron chi connectivity index (χ0n) is 11.4. The van der Waals surface area contributed by atoms with Gasteiger partial charge in [-0.25, -0.2) is 0 Å². The first-order valence-corrected chi connectivity index (χ1v) is 7.42. The van der Waals surface area contributed by atoms with Crippen LogP contribution < -0.4 is 4.90 Å². The number of benzene rings is 1. The van der Waals surface area contributed by atoms with Crippen molar-refractivity contribution >= 4 is 34.8 Å². The first kappa shape index (κ1) is 14.3. The van der Waals surface area contributed by atoms with E-state index in [-0.39, 0.29) is 21.8 Å². The Morgan fingerprint density at radius 1 is 1.24 bits per heavy atom. The maximum Gasteiger partial charge on any atom is 0.261 e. The fourth-order valence-corrected chi connectivity index (χ4v) is 2.91. The van der Waals surface area contributed by atoms with Crippen molar-refractivity contribution < 1.29 is 4.79 Å². The predicted octanol–water partition coefficient (Wildman–Crippen LogP) is 3.68. The third-order valence-corrected chi connectivity index (χ3v) is 4.01. The lowest BCUT2D eigenvalue weighted by Crippen LogP contribution is -2.35. The fraction of sp³-hybridized carbons (Fsp3) is 0.267. The second-order valence-corrected chi connectivity index (χ2v) is 5.81. The van der Waals surface area contributed by atoms with E-state index in [2.05, 4.69) is 16.3 Å². The highest BCUT2D eigenvalue weighted by Crippen LogP contribution is 2.30. The Kier molecular flexibility index (Phi) is 3.83. The Hall–Kier alpha value is -1.65. The SMILES string of the molecule is Cc1ccc2c(c1)CCCN2C(=O)c1cc(Cl)nnc1Cl. The Morgan fingerprint density at radius 3 is 2.86 bits per heavy atom. The molecule has 2 aromatic rings. The number of carbonyl (C=O) groups is 1. The molecule has 1 aliphatic rings. The largest absolute Gasteiger partial charge is 0.308 e. The number of fused-ring (bicyclic) bond motifs is 1. The molecule has 0 bridgehead atoms. The average Bonchev–Trinajstić information content (AvgIpc) is 2.48. The molecule has 0 atom stereocenters. The predicted molar refractivity (Wildman–Crippen MR) is 83.2 cm³/mol. The van der Waals surface area contributed by atoms with Gasteiger partial charge in [0, 0.05) is 12.2 Å². The van der Waals surface area contributed by atoms with Gasteiger partial charge in [-0.3, -0.25) is 4.79 Å². The molecule has 1 aromatic carbocycles. The van der Waals surface area contributed by atoms with Gasteiger partial charge in [0.05, 0.1) is 5.56 Å². The fourth-order valence-electron chi connectivity index (χ4n) is 2.59. The first-order chi connectivity index (χ1) is 10.1. The molecule has 0 fully saturated rings. The van der Waals surface area contributed by atoms with Gasteiger partial charge in [-0.1, -0.05) is 40.9 Å². The number of anilines is 1. The molecular weight excluding hydrogens is 309 g/mol. The highest BCUT2D eigenvalue weighted by atomic mass is 35.5. The molecule has 0 unspecified atom stereocenters. The van der Waals surface area contributed by atoms with Crippen LogP contribution in [0.15, 0.2) is 24.3 Å². The molecular formula is C15H13Cl2N3O. The molecule has 0 radical (unpaired) electrons. The van der Waals surface area contributed by atoms with Gasteiger partial charge in [0.15, 0.2) is 10.3 Å². The maximum absolute atomic E-state index is 12.7. The summed E-state index contributed by atoms with van der Waals surface area (Å²) < 4.78 is 0. The minimum atomic E-state index is -0.193. The molecule has 108 valence electrons. The van der Waals surface area contributed by atoms with Crippen LogP contribution in [0, 0.1) is 6.92 Å². The van der Waals surface area contributed by atoms with Crippen LogP contribution in [0.3, 0.4) is 0 Å². The number of halogens is 2. The standard InChI is InChI=1S/C15H13Cl2N3O/c1-9-4-5-12-10(7-9)3-2-6-20(12)15(21)11-8-13(16)18-19-14(11)17/h4-5,7-8H,2-3,6H2,1H3. The van der Waals surface area contributed by atoms with Crippen molar-refractivity contribution in [2.75, 3.05) is 11.4 Å². The van der Waals surface area contributed by atoms with E-state index in [0.717, 1.165) is 18.5 Å². The van der Waals surface area contributed by atoms with Gasteiger partial charge in [0.25, 0.3) is 5.91 Å². The third kappa shape index (κ3) is 2.74. The van der Waals surface area contributed by atoms with E-state index in [1.165, 1.54) is 17.2 Å². The van der Waals surface area contributed by atoms with Crippen molar-refractivity contribution in [2.24, 2.45) is 0 Å². The number of aromatic nitrogens is 2. The monoisotopic (exact) mass is 321 g/mol. The summed E-state index contributed by atoms with van der Waals surface area (Å²) in [6.45, 7) is 2.70. The Labute approximate surface area is 132 Å². The summed E-state index contributed by atoms with van der Waals surface area (Å²) in [5, 5.41) is 7.57. The van der Waals surface area contributed by atoms with Gasteiger partial charge in [0.1, 0.15) is 0 Å². The van der Waals surface area contributed by atoms with Crippen molar-refractivity contribution in [2.45, 2.75) is 19.8 Å². The number of carbonyl (C=O) groups excluding carboxylic acids is 1.